The number of nitro groups is 1. The second-order valence-electron chi connectivity index (χ2n) is 7.55. The number of nitrogens with zero attached hydrogens (tertiary/aromatic N) is 2. The molecule has 0 atom stereocenters. The highest BCUT2D eigenvalue weighted by molar-refractivity contribution is 7.07. The third-order valence-corrected chi connectivity index (χ3v) is 5.43. The van der Waals surface area contributed by atoms with E-state index in [0.29, 0.717) is 26.3 Å². The van der Waals surface area contributed by atoms with Crippen molar-refractivity contribution in [2.24, 2.45) is 12.5 Å². The van der Waals surface area contributed by atoms with Crippen molar-refractivity contribution in [3.63, 3.8) is 0 Å². The topological polar surface area (TPSA) is 95.3 Å². The highest BCUT2D eigenvalue weighted by Crippen LogP contribution is 2.30. The molecule has 2 aromatic heterocycles. The van der Waals surface area contributed by atoms with Gasteiger partial charge in [-0.1, -0.05) is 32.9 Å². The van der Waals surface area contributed by atoms with E-state index in [9.17, 15) is 19.7 Å². The van der Waals surface area contributed by atoms with Gasteiger partial charge < -0.3 is 8.98 Å². The summed E-state index contributed by atoms with van der Waals surface area (Å²) < 4.78 is 8.10. The van der Waals surface area contributed by atoms with Crippen LogP contribution in [0.5, 0.6) is 0 Å². The van der Waals surface area contributed by atoms with Crippen LogP contribution < -0.4 is 14.8 Å². The van der Waals surface area contributed by atoms with E-state index in [1.807, 2.05) is 20.8 Å². The van der Waals surface area contributed by atoms with Crippen molar-refractivity contribution in [3.8, 4) is 11.3 Å². The van der Waals surface area contributed by atoms with Gasteiger partial charge in [0, 0.05) is 30.7 Å². The smallest absolute Gasteiger partial charge is 0.280 e. The quantitative estimate of drug-likeness (QED) is 0.485. The fraction of sp³-hybridized carbons (Fsp3) is 0.238. The number of hydrogen-bond donors (Lipinski definition) is 0. The number of Topliss-reactive ketones (excluding diaryl/α,β-unsaturated/α-hetero) is 1. The van der Waals surface area contributed by atoms with Crippen LogP contribution in [-0.2, 0) is 11.8 Å². The van der Waals surface area contributed by atoms with Gasteiger partial charge in [0.25, 0.3) is 11.2 Å². The summed E-state index contributed by atoms with van der Waals surface area (Å²) >= 11 is 1.19. The van der Waals surface area contributed by atoms with E-state index < -0.39 is 10.3 Å². The molecule has 1 aromatic carbocycles. The molecule has 0 radical (unpaired) electrons. The predicted molar refractivity (Wildman–Crippen MR) is 112 cm³/mol. The molecule has 8 heteroatoms. The van der Waals surface area contributed by atoms with Crippen LogP contribution in [0.4, 0.5) is 5.69 Å². The molecule has 0 aliphatic heterocycles. The average molecular weight is 412 g/mol. The van der Waals surface area contributed by atoms with E-state index in [0.717, 1.165) is 0 Å². The number of benzene rings is 1. The zero-order chi connectivity index (χ0) is 21.3. The molecule has 3 aromatic rings. The maximum atomic E-state index is 12.5. The van der Waals surface area contributed by atoms with Crippen molar-refractivity contribution in [1.82, 2.24) is 4.57 Å². The van der Waals surface area contributed by atoms with Gasteiger partial charge in [0.1, 0.15) is 16.2 Å². The fourth-order valence-electron chi connectivity index (χ4n) is 2.58. The van der Waals surface area contributed by atoms with E-state index in [4.69, 9.17) is 4.42 Å². The molecule has 29 heavy (non-hydrogen) atoms. The molecule has 7 nitrogen and oxygen atoms in total. The monoisotopic (exact) mass is 412 g/mol. The fourth-order valence-corrected chi connectivity index (χ4v) is 3.59. The third-order valence-electron chi connectivity index (χ3n) is 4.32. The molecule has 0 saturated carbocycles. The molecule has 0 spiro atoms. The minimum Gasteiger partial charge on any atom is -0.456 e. The molecule has 150 valence electrons. The Morgan fingerprint density at radius 2 is 1.90 bits per heavy atom. The molecule has 2 heterocycles. The van der Waals surface area contributed by atoms with Crippen LogP contribution in [0, 0.1) is 15.5 Å². The number of carbonyl (C=O) groups excluding carboxylic acids is 1. The second-order valence-corrected chi connectivity index (χ2v) is 8.61. The van der Waals surface area contributed by atoms with Crippen molar-refractivity contribution in [1.29, 1.82) is 0 Å². The summed E-state index contributed by atoms with van der Waals surface area (Å²) in [6, 6.07) is 9.57. The number of rotatable bonds is 4. The third kappa shape index (κ3) is 4.27. The van der Waals surface area contributed by atoms with Crippen molar-refractivity contribution in [3.05, 3.63) is 71.8 Å². The van der Waals surface area contributed by atoms with Crippen LogP contribution in [0.15, 0.2) is 45.6 Å². The Balaban J connectivity index is 2.05. The summed E-state index contributed by atoms with van der Waals surface area (Å²) in [7, 11) is 1.61. The Morgan fingerprint density at radius 1 is 1.21 bits per heavy atom. The minimum atomic E-state index is -0.537. The molecule has 0 N–H and O–H groups in total. The highest BCUT2D eigenvalue weighted by atomic mass is 32.1. The Hall–Kier alpha value is -3.26. The van der Waals surface area contributed by atoms with Crippen LogP contribution in [0.2, 0.25) is 0 Å². The number of furan rings is 1. The maximum absolute atomic E-state index is 12.5. The maximum Gasteiger partial charge on any atom is 0.280 e. The van der Waals surface area contributed by atoms with E-state index >= 15 is 0 Å². The van der Waals surface area contributed by atoms with Gasteiger partial charge in [-0.2, -0.15) is 0 Å². The molecule has 0 aliphatic rings. The Bertz CT molecular complexity index is 1270. The normalized spacial score (nSPS) is 13.1. The lowest BCUT2D eigenvalue weighted by Crippen LogP contribution is -2.29. The number of thiazole rings is 1. The Labute approximate surface area is 170 Å². The zero-order valence-electron chi connectivity index (χ0n) is 16.5. The first-order valence-electron chi connectivity index (χ1n) is 8.85. The molecular weight excluding hydrogens is 392 g/mol. The number of nitro benzene ring substituents is 1. The van der Waals surface area contributed by atoms with Gasteiger partial charge in [-0.25, -0.2) is 0 Å². The van der Waals surface area contributed by atoms with Crippen LogP contribution in [0.1, 0.15) is 26.5 Å². The van der Waals surface area contributed by atoms with Gasteiger partial charge in [0.15, 0.2) is 5.78 Å². The first-order valence-corrected chi connectivity index (χ1v) is 9.67. The summed E-state index contributed by atoms with van der Waals surface area (Å²) in [4.78, 5) is 35.5. The van der Waals surface area contributed by atoms with E-state index in [-0.39, 0.29) is 17.0 Å². The lowest BCUT2D eigenvalue weighted by molar-refractivity contribution is -0.384. The molecule has 3 rings (SSSR count). The van der Waals surface area contributed by atoms with Crippen molar-refractivity contribution >= 4 is 35.0 Å². The lowest BCUT2D eigenvalue weighted by Gasteiger charge is -2.12. The lowest BCUT2D eigenvalue weighted by atomic mass is 9.91. The van der Waals surface area contributed by atoms with Gasteiger partial charge in [0.05, 0.1) is 15.0 Å². The summed E-state index contributed by atoms with van der Waals surface area (Å²) in [5.41, 5.74) is -0.477. The van der Waals surface area contributed by atoms with Gasteiger partial charge in [0.2, 0.25) is 0 Å². The SMILES string of the molecule is Cn1c(=O)/c(=C/c2ccc(-c3ccccc3[N+](=O)[O-])o2)s/c1=C\C(=O)C(C)(C)C. The van der Waals surface area contributed by atoms with Crippen LogP contribution in [0.25, 0.3) is 23.5 Å². The molecule has 0 saturated heterocycles. The van der Waals surface area contributed by atoms with Crippen LogP contribution in [0.3, 0.4) is 0 Å². The van der Waals surface area contributed by atoms with E-state index in [1.165, 1.54) is 28.0 Å². The molecule has 0 fully saturated rings. The van der Waals surface area contributed by atoms with Crippen molar-refractivity contribution in [2.75, 3.05) is 0 Å². The first-order chi connectivity index (χ1) is 13.6. The summed E-state index contributed by atoms with van der Waals surface area (Å²) in [5.74, 6) is 0.662. The second kappa shape index (κ2) is 7.63. The van der Waals surface area contributed by atoms with E-state index in [1.54, 1.807) is 43.5 Å². The van der Waals surface area contributed by atoms with E-state index in [2.05, 4.69) is 0 Å². The number of hydrogen-bond acceptors (Lipinski definition) is 6. The number of ketones is 1. The first kappa shape index (κ1) is 20.5. The Kier molecular flexibility index (Phi) is 5.39. The zero-order valence-corrected chi connectivity index (χ0v) is 17.3. The van der Waals surface area contributed by atoms with Crippen LogP contribution >= 0.6 is 11.3 Å². The molecular formula is C21H20N2O5S. The minimum absolute atomic E-state index is 0.0574. The van der Waals surface area contributed by atoms with Crippen molar-refractivity contribution < 1.29 is 14.1 Å². The molecule has 0 bridgehead atoms. The standard InChI is InChI=1S/C21H20N2O5S/c1-21(2,3)18(24)12-19-22(4)20(25)17(29-19)11-13-9-10-16(28-13)14-7-5-6-8-15(14)23(26)27/h5-12H,1-4H3/b17-11-,19-12-. The molecule has 0 unspecified atom stereocenters. The van der Waals surface area contributed by atoms with Crippen molar-refractivity contribution in [2.45, 2.75) is 20.8 Å². The Morgan fingerprint density at radius 3 is 2.55 bits per heavy atom. The highest BCUT2D eigenvalue weighted by Gasteiger charge is 2.19. The summed E-state index contributed by atoms with van der Waals surface area (Å²) in [6.45, 7) is 5.45. The average Bonchev–Trinajstić information content (AvgIpc) is 3.22. The largest absolute Gasteiger partial charge is 0.456 e. The number of aromatic nitrogens is 1. The number of carbonyl (C=O) groups is 1. The molecule has 0 amide bonds. The summed E-state index contributed by atoms with van der Waals surface area (Å²) in [5, 5.41) is 11.2. The van der Waals surface area contributed by atoms with Gasteiger partial charge in [-0.3, -0.25) is 19.7 Å². The predicted octanol–water partition coefficient (Wildman–Crippen LogP) is 2.84. The summed E-state index contributed by atoms with van der Waals surface area (Å²) in [6.07, 6.45) is 3.05. The number of para-hydroxylation sites is 1. The van der Waals surface area contributed by atoms with Gasteiger partial charge in [-0.05, 0) is 18.2 Å². The van der Waals surface area contributed by atoms with Gasteiger partial charge >= 0.3 is 0 Å². The van der Waals surface area contributed by atoms with Gasteiger partial charge in [-0.15, -0.1) is 11.3 Å². The molecule has 0 aliphatic carbocycles. The van der Waals surface area contributed by atoms with Crippen LogP contribution in [-0.4, -0.2) is 15.3 Å².